The number of nitrogens with zero attached hydrogens (tertiary/aromatic N) is 1. The third-order valence-electron chi connectivity index (χ3n) is 2.04. The van der Waals surface area contributed by atoms with E-state index in [0.29, 0.717) is 11.1 Å². The second-order valence-electron chi connectivity index (χ2n) is 3.14. The van der Waals surface area contributed by atoms with Crippen LogP contribution in [0.15, 0.2) is 24.3 Å². The number of nitrogens with two attached hydrogens (primary N) is 1. The van der Waals surface area contributed by atoms with Gasteiger partial charge in [0, 0.05) is 6.42 Å². The molecule has 1 aromatic rings. The molecular weight excluding hydrogens is 211 g/mol. The van der Waals surface area contributed by atoms with Crippen LogP contribution < -0.4 is 5.73 Å². The Kier molecular flexibility index (Phi) is 4.28. The first kappa shape index (κ1) is 12.0. The van der Waals surface area contributed by atoms with E-state index in [0.717, 1.165) is 0 Å². The SMILES string of the molecule is N#Cc1ccc(C(CCF)OC(N)=O)cc1. The molecule has 0 spiro atoms. The van der Waals surface area contributed by atoms with Gasteiger partial charge in [0.25, 0.3) is 0 Å². The summed E-state index contributed by atoms with van der Waals surface area (Å²) in [5.41, 5.74) is 5.99. The summed E-state index contributed by atoms with van der Waals surface area (Å²) in [5, 5.41) is 8.60. The van der Waals surface area contributed by atoms with Crippen molar-refractivity contribution in [3.63, 3.8) is 0 Å². The van der Waals surface area contributed by atoms with Crippen LogP contribution in [0.25, 0.3) is 0 Å². The first-order valence-electron chi connectivity index (χ1n) is 4.69. The number of hydrogen-bond donors (Lipinski definition) is 1. The molecule has 5 heteroatoms. The van der Waals surface area contributed by atoms with E-state index in [9.17, 15) is 9.18 Å². The van der Waals surface area contributed by atoms with E-state index >= 15 is 0 Å². The predicted octanol–water partition coefficient (Wildman–Crippen LogP) is 2.05. The molecule has 0 saturated carbocycles. The first-order valence-corrected chi connectivity index (χ1v) is 4.69. The number of amides is 1. The fourth-order valence-electron chi connectivity index (χ4n) is 1.31. The highest BCUT2D eigenvalue weighted by molar-refractivity contribution is 5.65. The smallest absolute Gasteiger partial charge is 0.405 e. The zero-order chi connectivity index (χ0) is 12.0. The minimum atomic E-state index is -0.942. The average molecular weight is 222 g/mol. The lowest BCUT2D eigenvalue weighted by molar-refractivity contribution is 0.0965. The summed E-state index contributed by atoms with van der Waals surface area (Å²) in [4.78, 5) is 10.6. The van der Waals surface area contributed by atoms with Gasteiger partial charge < -0.3 is 10.5 Å². The zero-order valence-electron chi connectivity index (χ0n) is 8.52. The van der Waals surface area contributed by atoms with Gasteiger partial charge in [-0.25, -0.2) is 4.79 Å². The molecule has 4 nitrogen and oxygen atoms in total. The molecule has 0 aliphatic heterocycles. The Hall–Kier alpha value is -2.09. The summed E-state index contributed by atoms with van der Waals surface area (Å²) in [5.74, 6) is 0. The second-order valence-corrected chi connectivity index (χ2v) is 3.14. The van der Waals surface area contributed by atoms with Gasteiger partial charge in [0.15, 0.2) is 0 Å². The Bertz CT molecular complexity index is 397. The van der Waals surface area contributed by atoms with Crippen LogP contribution in [0.3, 0.4) is 0 Å². The second kappa shape index (κ2) is 5.71. The first-order chi connectivity index (χ1) is 7.67. The number of carbonyl (C=O) groups excluding carboxylic acids is 1. The van der Waals surface area contributed by atoms with E-state index in [2.05, 4.69) is 0 Å². The number of rotatable bonds is 4. The molecule has 0 aliphatic carbocycles. The number of benzene rings is 1. The normalized spacial score (nSPS) is 11.5. The van der Waals surface area contributed by atoms with Crippen LogP contribution in [-0.4, -0.2) is 12.8 Å². The van der Waals surface area contributed by atoms with Gasteiger partial charge in [-0.05, 0) is 17.7 Å². The van der Waals surface area contributed by atoms with Crippen molar-refractivity contribution in [1.29, 1.82) is 5.26 Å². The molecule has 1 atom stereocenters. The van der Waals surface area contributed by atoms with Crippen molar-refractivity contribution in [2.75, 3.05) is 6.67 Å². The zero-order valence-corrected chi connectivity index (χ0v) is 8.52. The number of nitriles is 1. The van der Waals surface area contributed by atoms with Gasteiger partial charge in [-0.15, -0.1) is 0 Å². The van der Waals surface area contributed by atoms with E-state index in [-0.39, 0.29) is 6.42 Å². The van der Waals surface area contributed by atoms with Crippen molar-refractivity contribution in [2.45, 2.75) is 12.5 Å². The molecule has 0 heterocycles. The molecular formula is C11H11FN2O2. The Morgan fingerprint density at radius 2 is 2.12 bits per heavy atom. The molecule has 16 heavy (non-hydrogen) atoms. The molecule has 2 N–H and O–H groups in total. The minimum absolute atomic E-state index is 0.0504. The molecule has 0 aliphatic rings. The summed E-state index contributed by atoms with van der Waals surface area (Å²) < 4.78 is 17.0. The van der Waals surface area contributed by atoms with E-state index in [1.165, 1.54) is 0 Å². The summed E-state index contributed by atoms with van der Waals surface area (Å²) in [6.07, 6.45) is -1.59. The maximum atomic E-state index is 12.2. The third-order valence-corrected chi connectivity index (χ3v) is 2.04. The summed E-state index contributed by atoms with van der Waals surface area (Å²) in [6, 6.07) is 8.33. The minimum Gasteiger partial charge on any atom is -0.441 e. The molecule has 0 radical (unpaired) electrons. The lowest BCUT2D eigenvalue weighted by atomic mass is 10.1. The van der Waals surface area contributed by atoms with Gasteiger partial charge in [0.05, 0.1) is 18.3 Å². The predicted molar refractivity (Wildman–Crippen MR) is 55.2 cm³/mol. The molecule has 0 fully saturated rings. The van der Waals surface area contributed by atoms with Gasteiger partial charge in [0.1, 0.15) is 6.10 Å². The van der Waals surface area contributed by atoms with Crippen molar-refractivity contribution < 1.29 is 13.9 Å². The number of ether oxygens (including phenoxy) is 1. The quantitative estimate of drug-likeness (QED) is 0.846. The number of hydrogen-bond acceptors (Lipinski definition) is 3. The largest absolute Gasteiger partial charge is 0.441 e. The van der Waals surface area contributed by atoms with Crippen LogP contribution in [0.5, 0.6) is 0 Å². The van der Waals surface area contributed by atoms with Gasteiger partial charge in [-0.3, -0.25) is 4.39 Å². The molecule has 0 aromatic heterocycles. The Labute approximate surface area is 92.4 Å². The molecule has 84 valence electrons. The topological polar surface area (TPSA) is 76.1 Å². The van der Waals surface area contributed by atoms with Crippen molar-refractivity contribution >= 4 is 6.09 Å². The van der Waals surface area contributed by atoms with Crippen LogP contribution in [0.1, 0.15) is 23.7 Å². The van der Waals surface area contributed by atoms with E-state index < -0.39 is 18.9 Å². The van der Waals surface area contributed by atoms with E-state index in [4.69, 9.17) is 15.7 Å². The lowest BCUT2D eigenvalue weighted by Gasteiger charge is -2.15. The molecule has 1 rings (SSSR count). The fourth-order valence-corrected chi connectivity index (χ4v) is 1.31. The van der Waals surface area contributed by atoms with Gasteiger partial charge >= 0.3 is 6.09 Å². The number of halogens is 1. The number of alkyl halides is 1. The van der Waals surface area contributed by atoms with E-state index in [1.807, 2.05) is 6.07 Å². The highest BCUT2D eigenvalue weighted by atomic mass is 19.1. The third kappa shape index (κ3) is 3.24. The maximum Gasteiger partial charge on any atom is 0.405 e. The number of carbonyl (C=O) groups is 1. The maximum absolute atomic E-state index is 12.2. The van der Waals surface area contributed by atoms with E-state index in [1.54, 1.807) is 24.3 Å². The molecule has 1 unspecified atom stereocenters. The Morgan fingerprint density at radius 1 is 1.50 bits per heavy atom. The van der Waals surface area contributed by atoms with Crippen LogP contribution in [0.4, 0.5) is 9.18 Å². The molecule has 1 amide bonds. The van der Waals surface area contributed by atoms with Gasteiger partial charge in [0.2, 0.25) is 0 Å². The summed E-state index contributed by atoms with van der Waals surface area (Å²) >= 11 is 0. The van der Waals surface area contributed by atoms with Gasteiger partial charge in [-0.2, -0.15) is 5.26 Å². The van der Waals surface area contributed by atoms with Gasteiger partial charge in [-0.1, -0.05) is 12.1 Å². The monoisotopic (exact) mass is 222 g/mol. The molecule has 0 bridgehead atoms. The highest BCUT2D eigenvalue weighted by Gasteiger charge is 2.14. The summed E-state index contributed by atoms with van der Waals surface area (Å²) in [6.45, 7) is -0.613. The van der Waals surface area contributed by atoms with Crippen molar-refractivity contribution in [3.8, 4) is 6.07 Å². The lowest BCUT2D eigenvalue weighted by Crippen LogP contribution is -2.17. The average Bonchev–Trinajstić information content (AvgIpc) is 2.28. The van der Waals surface area contributed by atoms with Crippen molar-refractivity contribution in [3.05, 3.63) is 35.4 Å². The molecule has 1 aromatic carbocycles. The van der Waals surface area contributed by atoms with Crippen LogP contribution in [0, 0.1) is 11.3 Å². The van der Waals surface area contributed by atoms with Crippen molar-refractivity contribution in [1.82, 2.24) is 0 Å². The van der Waals surface area contributed by atoms with Crippen LogP contribution in [0.2, 0.25) is 0 Å². The number of primary amides is 1. The van der Waals surface area contributed by atoms with Crippen molar-refractivity contribution in [2.24, 2.45) is 5.73 Å². The fraction of sp³-hybridized carbons (Fsp3) is 0.273. The standard InChI is InChI=1S/C11H11FN2O2/c12-6-5-10(16-11(14)15)9-3-1-8(7-13)2-4-9/h1-4,10H,5-6H2,(H2,14,15). The Balaban J connectivity index is 2.84. The summed E-state index contributed by atoms with van der Waals surface area (Å²) in [7, 11) is 0. The van der Waals surface area contributed by atoms with Crippen LogP contribution >= 0.6 is 0 Å². The molecule has 0 saturated heterocycles. The Morgan fingerprint density at radius 3 is 2.56 bits per heavy atom. The van der Waals surface area contributed by atoms with Crippen LogP contribution in [-0.2, 0) is 4.74 Å². The highest BCUT2D eigenvalue weighted by Crippen LogP contribution is 2.21.